The Hall–Kier alpha value is -2.64. The first-order valence-corrected chi connectivity index (χ1v) is 14.1. The number of hydrogen-bond acceptors (Lipinski definition) is 8. The van der Waals surface area contributed by atoms with Gasteiger partial charge in [-0.15, -0.1) is 11.8 Å². The van der Waals surface area contributed by atoms with Gasteiger partial charge in [-0.3, -0.25) is 14.5 Å². The van der Waals surface area contributed by atoms with Crippen molar-refractivity contribution in [2.75, 3.05) is 59.7 Å². The van der Waals surface area contributed by atoms with Crippen molar-refractivity contribution in [3.05, 3.63) is 0 Å². The number of piperazine rings is 1. The molecule has 1 heterocycles. The van der Waals surface area contributed by atoms with Gasteiger partial charge in [-0.2, -0.15) is 0 Å². The minimum absolute atomic E-state index is 0.0641. The summed E-state index contributed by atoms with van der Waals surface area (Å²) in [6.07, 6.45) is 4.08. The molecule has 1 saturated carbocycles. The Bertz CT molecular complexity index is 917. The summed E-state index contributed by atoms with van der Waals surface area (Å²) in [7, 11) is 1.42. The first-order chi connectivity index (χ1) is 18.6. The molecule has 4 atom stereocenters. The molecule has 2 amide bonds. The average molecular weight is 548 g/mol. The minimum Gasteiger partial charge on any atom is -0.462 e. The number of nitrogens with zero attached hydrogens (tertiary/aromatic N) is 2. The molecule has 1 N–H and O–H groups in total. The Labute approximate surface area is 232 Å². The largest absolute Gasteiger partial charge is 0.462 e. The summed E-state index contributed by atoms with van der Waals surface area (Å²) < 4.78 is 15.6. The van der Waals surface area contributed by atoms with Gasteiger partial charge in [-0.1, -0.05) is 20.8 Å². The van der Waals surface area contributed by atoms with Gasteiger partial charge < -0.3 is 24.4 Å². The fourth-order valence-electron chi connectivity index (χ4n) is 5.64. The highest BCUT2D eigenvalue weighted by molar-refractivity contribution is 5.81. The Morgan fingerprint density at radius 2 is 1.67 bits per heavy atom. The summed E-state index contributed by atoms with van der Waals surface area (Å²) in [6, 6.07) is -0.300. The second-order valence-electron chi connectivity index (χ2n) is 12.1. The molecule has 0 radical (unpaired) electrons. The van der Waals surface area contributed by atoms with Crippen molar-refractivity contribution in [1.29, 1.82) is 0 Å². The number of esters is 1. The molecule has 0 spiro atoms. The highest BCUT2D eigenvalue weighted by atomic mass is 16.6. The Morgan fingerprint density at radius 1 is 0.974 bits per heavy atom. The van der Waals surface area contributed by atoms with Crippen LogP contribution in [0.1, 0.15) is 59.3 Å². The van der Waals surface area contributed by atoms with Crippen LogP contribution in [0.4, 0.5) is 4.79 Å². The van der Waals surface area contributed by atoms with E-state index in [0.29, 0.717) is 50.4 Å². The van der Waals surface area contributed by atoms with E-state index >= 15 is 0 Å². The number of amides is 2. The van der Waals surface area contributed by atoms with E-state index < -0.39 is 12.1 Å². The second kappa shape index (κ2) is 14.7. The average Bonchev–Trinajstić information content (AvgIpc) is 3.49. The Balaban J connectivity index is 1.41. The summed E-state index contributed by atoms with van der Waals surface area (Å²) in [6.45, 7) is 8.10. The van der Waals surface area contributed by atoms with Gasteiger partial charge in [0.2, 0.25) is 5.91 Å². The van der Waals surface area contributed by atoms with E-state index in [4.69, 9.17) is 14.2 Å². The SMILES string of the molecule is COCC(=O)OCC1CN(C(=O)CCNC(=O)OCC2[C@H]3CCC#CCC[C@@H]23)CCN1CC(=O)CC(C)(C)C. The molecule has 0 bridgehead atoms. The number of ketones is 1. The zero-order valence-corrected chi connectivity index (χ0v) is 24.0. The quantitative estimate of drug-likeness (QED) is 0.292. The molecule has 3 rings (SSSR count). The fourth-order valence-corrected chi connectivity index (χ4v) is 5.64. The van der Waals surface area contributed by atoms with E-state index in [-0.39, 0.29) is 55.9 Å². The molecular weight excluding hydrogens is 502 g/mol. The molecule has 0 aromatic carbocycles. The van der Waals surface area contributed by atoms with Crippen molar-refractivity contribution < 1.29 is 33.4 Å². The van der Waals surface area contributed by atoms with Crippen molar-refractivity contribution in [2.45, 2.75) is 65.3 Å². The molecule has 218 valence electrons. The summed E-state index contributed by atoms with van der Waals surface area (Å²) >= 11 is 0. The maximum atomic E-state index is 12.9. The first-order valence-electron chi connectivity index (χ1n) is 14.1. The second-order valence-corrected chi connectivity index (χ2v) is 12.1. The van der Waals surface area contributed by atoms with Gasteiger partial charge >= 0.3 is 12.1 Å². The van der Waals surface area contributed by atoms with Crippen molar-refractivity contribution in [3.63, 3.8) is 0 Å². The molecule has 3 aliphatic rings. The number of methoxy groups -OCH3 is 1. The first kappa shape index (κ1) is 30.9. The van der Waals surface area contributed by atoms with E-state index in [1.54, 1.807) is 4.90 Å². The number of rotatable bonds is 12. The third-order valence-corrected chi connectivity index (χ3v) is 7.62. The molecule has 39 heavy (non-hydrogen) atoms. The lowest BCUT2D eigenvalue weighted by Crippen LogP contribution is -2.57. The van der Waals surface area contributed by atoms with E-state index in [1.807, 2.05) is 25.7 Å². The molecule has 10 heteroatoms. The van der Waals surface area contributed by atoms with Crippen molar-refractivity contribution in [3.8, 4) is 11.8 Å². The molecule has 2 fully saturated rings. The van der Waals surface area contributed by atoms with E-state index in [2.05, 4.69) is 17.2 Å². The zero-order chi connectivity index (χ0) is 28.4. The number of fused-ring (bicyclic) bond motifs is 1. The number of hydrogen-bond donors (Lipinski definition) is 1. The van der Waals surface area contributed by atoms with Crippen molar-refractivity contribution in [1.82, 2.24) is 15.1 Å². The van der Waals surface area contributed by atoms with E-state index in [0.717, 1.165) is 25.7 Å². The van der Waals surface area contributed by atoms with Crippen molar-refractivity contribution >= 4 is 23.8 Å². The maximum Gasteiger partial charge on any atom is 0.407 e. The van der Waals surface area contributed by atoms with Crippen LogP contribution in [0.15, 0.2) is 0 Å². The van der Waals surface area contributed by atoms with Gasteiger partial charge in [0.25, 0.3) is 0 Å². The topological polar surface area (TPSA) is 114 Å². The predicted molar refractivity (Wildman–Crippen MR) is 145 cm³/mol. The van der Waals surface area contributed by atoms with Gasteiger partial charge in [0.1, 0.15) is 19.0 Å². The highest BCUT2D eigenvalue weighted by Crippen LogP contribution is 2.52. The number of ether oxygens (including phenoxy) is 3. The number of Topliss-reactive ketones (excluding diaryl/α,β-unsaturated/α-hetero) is 1. The van der Waals surface area contributed by atoms with Crippen LogP contribution < -0.4 is 5.32 Å². The lowest BCUT2D eigenvalue weighted by Gasteiger charge is -2.41. The van der Waals surface area contributed by atoms with Gasteiger partial charge in [0.15, 0.2) is 0 Å². The van der Waals surface area contributed by atoms with Gasteiger partial charge in [-0.05, 0) is 36.0 Å². The number of carbonyl (C=O) groups is 4. The van der Waals surface area contributed by atoms with Gasteiger partial charge in [0, 0.05) is 59.0 Å². The Kier molecular flexibility index (Phi) is 11.6. The number of nitrogens with one attached hydrogen (secondary N) is 1. The summed E-state index contributed by atoms with van der Waals surface area (Å²) in [4.78, 5) is 53.3. The highest BCUT2D eigenvalue weighted by Gasteiger charge is 2.49. The summed E-state index contributed by atoms with van der Waals surface area (Å²) in [5, 5.41) is 2.69. The summed E-state index contributed by atoms with van der Waals surface area (Å²) in [5.41, 5.74) is -0.117. The maximum absolute atomic E-state index is 12.9. The molecule has 2 aliphatic carbocycles. The minimum atomic E-state index is -0.497. The molecule has 10 nitrogen and oxygen atoms in total. The molecule has 1 aliphatic heterocycles. The fraction of sp³-hybridized carbons (Fsp3) is 0.793. The lowest BCUT2D eigenvalue weighted by molar-refractivity contribution is -0.151. The number of alkyl carbamates (subject to hydrolysis) is 1. The van der Waals surface area contributed by atoms with Gasteiger partial charge in [-0.25, -0.2) is 9.59 Å². The molecule has 1 saturated heterocycles. The number of carbonyl (C=O) groups excluding carboxylic acids is 4. The zero-order valence-electron chi connectivity index (χ0n) is 24.0. The van der Waals surface area contributed by atoms with Gasteiger partial charge in [0.05, 0.1) is 19.2 Å². The molecule has 0 aromatic rings. The van der Waals surface area contributed by atoms with Crippen LogP contribution >= 0.6 is 0 Å². The molecule has 2 unspecified atom stereocenters. The van der Waals surface area contributed by atoms with Crippen LogP contribution in [0.25, 0.3) is 0 Å². The van der Waals surface area contributed by atoms with E-state index in [9.17, 15) is 19.2 Å². The van der Waals surface area contributed by atoms with Crippen molar-refractivity contribution in [2.24, 2.45) is 23.2 Å². The lowest BCUT2D eigenvalue weighted by atomic mass is 9.89. The summed E-state index contributed by atoms with van der Waals surface area (Å²) in [5.74, 6) is 7.52. The standard InChI is InChI=1S/C29H45N3O7/c1-29(2,3)15-22(33)17-31-13-14-32(16-21(31)18-38-27(35)20-37-4)26(34)11-12-30-28(36)39-19-25-23-9-7-5-6-8-10-24(23)25/h21,23-25H,7-20H2,1-4H3,(H,30,36)/t21?,23-,24+,25?. The van der Waals surface area contributed by atoms with E-state index in [1.165, 1.54) is 7.11 Å². The van der Waals surface area contributed by atoms with Crippen LogP contribution in [0, 0.1) is 35.0 Å². The predicted octanol–water partition coefficient (Wildman–Crippen LogP) is 2.25. The van der Waals surface area contributed by atoms with Crippen LogP contribution in [0.2, 0.25) is 0 Å². The molecule has 0 aromatic heterocycles. The monoisotopic (exact) mass is 547 g/mol. The Morgan fingerprint density at radius 3 is 2.31 bits per heavy atom. The van der Waals surface area contributed by atoms with Crippen LogP contribution in [-0.4, -0.2) is 99.2 Å². The smallest absolute Gasteiger partial charge is 0.407 e. The van der Waals surface area contributed by atoms with Crippen LogP contribution in [-0.2, 0) is 28.6 Å². The van der Waals surface area contributed by atoms with Crippen LogP contribution in [0.5, 0.6) is 0 Å². The molecular formula is C29H45N3O7. The normalized spacial score (nSPS) is 24.8. The van der Waals surface area contributed by atoms with Crippen LogP contribution in [0.3, 0.4) is 0 Å². The third kappa shape index (κ3) is 10.5. The third-order valence-electron chi connectivity index (χ3n) is 7.62.